The Morgan fingerprint density at radius 2 is 1.94 bits per heavy atom. The van der Waals surface area contributed by atoms with Crippen molar-refractivity contribution in [2.45, 2.75) is 43.1 Å². The highest BCUT2D eigenvalue weighted by Crippen LogP contribution is 2.29. The van der Waals surface area contributed by atoms with Gasteiger partial charge in [0.25, 0.3) is 5.91 Å². The molecule has 1 unspecified atom stereocenters. The average molecular weight is 473 g/mol. The van der Waals surface area contributed by atoms with Crippen molar-refractivity contribution in [3.05, 3.63) is 53.6 Å². The molecule has 2 aromatic carbocycles. The first-order valence-electron chi connectivity index (χ1n) is 11.1. The normalized spacial score (nSPS) is 19.7. The Kier molecular flexibility index (Phi) is 5.90. The van der Waals surface area contributed by atoms with Crippen LogP contribution >= 0.6 is 0 Å². The molecule has 10 heteroatoms. The van der Waals surface area contributed by atoms with E-state index in [2.05, 4.69) is 15.3 Å². The van der Waals surface area contributed by atoms with Crippen LogP contribution < -0.4 is 5.32 Å². The third kappa shape index (κ3) is 4.38. The molecular formula is C23H25FN4O4S. The van der Waals surface area contributed by atoms with Crippen molar-refractivity contribution in [3.8, 4) is 0 Å². The average Bonchev–Trinajstić information content (AvgIpc) is 3.49. The second-order valence-electron chi connectivity index (χ2n) is 8.42. The van der Waals surface area contributed by atoms with Crippen LogP contribution in [0.25, 0.3) is 11.0 Å². The number of aromatic amines is 1. The summed E-state index contributed by atoms with van der Waals surface area (Å²) in [6.07, 6.45) is 4.30. The molecule has 5 rings (SSSR count). The molecule has 2 aliphatic rings. The fourth-order valence-electron chi connectivity index (χ4n) is 4.34. The maximum absolute atomic E-state index is 14.5. The van der Waals surface area contributed by atoms with Gasteiger partial charge in [0.1, 0.15) is 22.6 Å². The first-order valence-corrected chi connectivity index (χ1v) is 12.6. The molecule has 2 aliphatic heterocycles. The van der Waals surface area contributed by atoms with Gasteiger partial charge >= 0.3 is 0 Å². The maximum atomic E-state index is 14.5. The van der Waals surface area contributed by atoms with Gasteiger partial charge in [-0.1, -0.05) is 6.42 Å². The van der Waals surface area contributed by atoms with Crippen molar-refractivity contribution in [2.75, 3.05) is 25.0 Å². The molecule has 2 saturated heterocycles. The van der Waals surface area contributed by atoms with Crippen LogP contribution in [0.3, 0.4) is 0 Å². The third-order valence-electron chi connectivity index (χ3n) is 6.12. The molecule has 0 radical (unpaired) electrons. The van der Waals surface area contributed by atoms with Crippen molar-refractivity contribution in [2.24, 2.45) is 0 Å². The van der Waals surface area contributed by atoms with Crippen molar-refractivity contribution in [1.29, 1.82) is 0 Å². The van der Waals surface area contributed by atoms with Crippen molar-refractivity contribution < 1.29 is 22.3 Å². The Labute approximate surface area is 191 Å². The fraction of sp³-hybridized carbons (Fsp3) is 0.391. The van der Waals surface area contributed by atoms with E-state index in [4.69, 9.17) is 4.74 Å². The molecule has 8 nitrogen and oxygen atoms in total. The number of nitrogens with one attached hydrogen (secondary N) is 2. The van der Waals surface area contributed by atoms with Crippen molar-refractivity contribution in [1.82, 2.24) is 14.3 Å². The van der Waals surface area contributed by atoms with Gasteiger partial charge in [-0.15, -0.1) is 0 Å². The molecular weight excluding hydrogens is 447 g/mol. The number of anilines is 1. The van der Waals surface area contributed by atoms with Gasteiger partial charge in [0.05, 0.1) is 11.0 Å². The number of rotatable bonds is 5. The molecule has 1 amide bonds. The summed E-state index contributed by atoms with van der Waals surface area (Å²) < 4.78 is 47.3. The number of aromatic nitrogens is 2. The Morgan fingerprint density at radius 3 is 2.70 bits per heavy atom. The minimum Gasteiger partial charge on any atom is -0.370 e. The molecule has 2 N–H and O–H groups in total. The van der Waals surface area contributed by atoms with Crippen LogP contribution in [-0.2, 0) is 14.8 Å². The van der Waals surface area contributed by atoms with Gasteiger partial charge in [-0.25, -0.2) is 17.8 Å². The zero-order chi connectivity index (χ0) is 23.0. The zero-order valence-corrected chi connectivity index (χ0v) is 18.8. The number of piperidine rings is 1. The fourth-order valence-corrected chi connectivity index (χ4v) is 5.95. The molecule has 2 fully saturated rings. The lowest BCUT2D eigenvalue weighted by Gasteiger charge is -2.26. The van der Waals surface area contributed by atoms with E-state index in [9.17, 15) is 17.6 Å². The highest BCUT2D eigenvalue weighted by atomic mass is 32.2. The first-order chi connectivity index (χ1) is 15.9. The molecule has 33 heavy (non-hydrogen) atoms. The zero-order valence-electron chi connectivity index (χ0n) is 18.0. The molecule has 1 aromatic heterocycles. The Hall–Kier alpha value is -2.82. The molecule has 174 valence electrons. The molecule has 0 aliphatic carbocycles. The Morgan fingerprint density at radius 1 is 1.12 bits per heavy atom. The van der Waals surface area contributed by atoms with Gasteiger partial charge in [0.15, 0.2) is 0 Å². The summed E-state index contributed by atoms with van der Waals surface area (Å²) in [6.45, 7) is 1.43. The lowest BCUT2D eigenvalue weighted by Crippen LogP contribution is -2.36. The summed E-state index contributed by atoms with van der Waals surface area (Å²) in [5.74, 6) is -0.627. The van der Waals surface area contributed by atoms with Crippen LogP contribution in [0.5, 0.6) is 0 Å². The minimum atomic E-state index is -4.00. The molecule has 3 aromatic rings. The van der Waals surface area contributed by atoms with E-state index < -0.39 is 26.6 Å². The van der Waals surface area contributed by atoms with Crippen molar-refractivity contribution in [3.63, 3.8) is 0 Å². The molecule has 3 heterocycles. The highest BCUT2D eigenvalue weighted by Gasteiger charge is 2.29. The SMILES string of the molecule is O=C(Nc1ccc2nc(C3CCCO3)[nH]c2c1)c1ccc(F)c(S(=O)(=O)N2CCCCC2)c1. The van der Waals surface area contributed by atoms with E-state index in [0.717, 1.165) is 67.7 Å². The van der Waals surface area contributed by atoms with E-state index in [1.165, 1.54) is 10.4 Å². The predicted octanol–water partition coefficient (Wildman–Crippen LogP) is 3.98. The van der Waals surface area contributed by atoms with E-state index in [-0.39, 0.29) is 11.7 Å². The number of benzene rings is 2. The second kappa shape index (κ2) is 8.85. The van der Waals surface area contributed by atoms with E-state index >= 15 is 0 Å². The summed E-state index contributed by atoms with van der Waals surface area (Å²) in [5.41, 5.74) is 2.09. The van der Waals surface area contributed by atoms with E-state index in [1.54, 1.807) is 18.2 Å². The maximum Gasteiger partial charge on any atom is 0.255 e. The molecule has 0 bridgehead atoms. The first kappa shape index (κ1) is 22.0. The predicted molar refractivity (Wildman–Crippen MR) is 121 cm³/mol. The number of carbonyl (C=O) groups is 1. The van der Waals surface area contributed by atoms with Crippen LogP contribution in [0, 0.1) is 5.82 Å². The van der Waals surface area contributed by atoms with Gasteiger partial charge in [0, 0.05) is 30.9 Å². The number of hydrogen-bond donors (Lipinski definition) is 2. The van der Waals surface area contributed by atoms with Gasteiger partial charge in [-0.3, -0.25) is 4.79 Å². The quantitative estimate of drug-likeness (QED) is 0.585. The van der Waals surface area contributed by atoms with E-state index in [1.807, 2.05) is 0 Å². The summed E-state index contributed by atoms with van der Waals surface area (Å²) >= 11 is 0. The molecule has 1 atom stereocenters. The number of ether oxygens (including phenoxy) is 1. The van der Waals surface area contributed by atoms with Gasteiger partial charge in [0.2, 0.25) is 10.0 Å². The van der Waals surface area contributed by atoms with Crippen LogP contribution in [0.4, 0.5) is 10.1 Å². The largest absolute Gasteiger partial charge is 0.370 e. The number of nitrogens with zero attached hydrogens (tertiary/aromatic N) is 2. The second-order valence-corrected chi connectivity index (χ2v) is 10.3. The minimum absolute atomic E-state index is 0.0464. The lowest BCUT2D eigenvalue weighted by atomic mass is 10.2. The number of carbonyl (C=O) groups excluding carboxylic acids is 1. The van der Waals surface area contributed by atoms with Crippen LogP contribution in [0.15, 0.2) is 41.3 Å². The number of imidazole rings is 1. The number of amides is 1. The number of halogens is 1. The number of hydrogen-bond acceptors (Lipinski definition) is 5. The topological polar surface area (TPSA) is 104 Å². The monoisotopic (exact) mass is 472 g/mol. The van der Waals surface area contributed by atoms with Gasteiger partial charge in [-0.2, -0.15) is 4.31 Å². The van der Waals surface area contributed by atoms with Crippen LogP contribution in [0.2, 0.25) is 0 Å². The standard InChI is InChI=1S/C23H25FN4O4S/c24-17-8-6-15(13-21(17)33(30,31)28-10-2-1-3-11-28)23(29)25-16-7-9-18-19(14-16)27-22(26-18)20-5-4-12-32-20/h6-9,13-14,20H,1-5,10-12H2,(H,25,29)(H,26,27). The molecule has 0 spiro atoms. The van der Waals surface area contributed by atoms with Gasteiger partial charge < -0.3 is 15.0 Å². The van der Waals surface area contributed by atoms with E-state index in [0.29, 0.717) is 18.8 Å². The van der Waals surface area contributed by atoms with Crippen LogP contribution in [0.1, 0.15) is 54.4 Å². The Bertz CT molecular complexity index is 1300. The van der Waals surface area contributed by atoms with Crippen LogP contribution in [-0.4, -0.2) is 48.3 Å². The summed E-state index contributed by atoms with van der Waals surface area (Å²) in [4.78, 5) is 20.2. The highest BCUT2D eigenvalue weighted by molar-refractivity contribution is 7.89. The number of fused-ring (bicyclic) bond motifs is 1. The summed E-state index contributed by atoms with van der Waals surface area (Å²) in [6, 6.07) is 8.68. The smallest absolute Gasteiger partial charge is 0.255 e. The number of H-pyrrole nitrogens is 1. The Balaban J connectivity index is 1.37. The third-order valence-corrected chi connectivity index (χ3v) is 8.03. The number of sulfonamides is 1. The molecule has 0 saturated carbocycles. The lowest BCUT2D eigenvalue weighted by molar-refractivity contribution is 0.102. The summed E-state index contributed by atoms with van der Waals surface area (Å²) in [7, 11) is -4.00. The summed E-state index contributed by atoms with van der Waals surface area (Å²) in [5, 5.41) is 2.76. The van der Waals surface area contributed by atoms with Gasteiger partial charge in [-0.05, 0) is 62.1 Å². The van der Waals surface area contributed by atoms with Crippen molar-refractivity contribution >= 4 is 32.7 Å².